The molecule has 0 unspecified atom stereocenters. The number of aryl methyl sites for hydroxylation is 2. The summed E-state index contributed by atoms with van der Waals surface area (Å²) in [4.78, 5) is 4.27. The molecule has 3 N–H and O–H groups in total. The molecule has 0 saturated carbocycles. The molecule has 0 bridgehead atoms. The highest BCUT2D eigenvalue weighted by Gasteiger charge is 1.96. The van der Waals surface area contributed by atoms with Crippen LogP contribution in [0.4, 0.5) is 0 Å². The zero-order valence-corrected chi connectivity index (χ0v) is 10.8. The van der Waals surface area contributed by atoms with Gasteiger partial charge in [-0.1, -0.05) is 13.3 Å². The predicted octanol–water partition coefficient (Wildman–Crippen LogP) is 1.06. The van der Waals surface area contributed by atoms with Crippen LogP contribution in [0.5, 0.6) is 0 Å². The van der Waals surface area contributed by atoms with E-state index >= 15 is 0 Å². The van der Waals surface area contributed by atoms with Crippen LogP contribution >= 0.6 is 0 Å². The predicted molar refractivity (Wildman–Crippen MR) is 70.9 cm³/mol. The van der Waals surface area contributed by atoms with Crippen LogP contribution in [0.25, 0.3) is 0 Å². The van der Waals surface area contributed by atoms with Crippen LogP contribution in [-0.2, 0) is 13.5 Å². The lowest BCUT2D eigenvalue weighted by molar-refractivity contribution is 0.743. The summed E-state index contributed by atoms with van der Waals surface area (Å²) in [7, 11) is 1.93. The fourth-order valence-corrected chi connectivity index (χ4v) is 1.53. The van der Waals surface area contributed by atoms with Gasteiger partial charge in [-0.2, -0.15) is 5.10 Å². The van der Waals surface area contributed by atoms with Crippen molar-refractivity contribution in [3.8, 4) is 0 Å². The Morgan fingerprint density at radius 2 is 2.35 bits per heavy atom. The van der Waals surface area contributed by atoms with Crippen LogP contribution in [0.3, 0.4) is 0 Å². The normalized spacial score (nSPS) is 11.8. The Morgan fingerprint density at radius 3 is 3.00 bits per heavy atom. The SMILES string of the molecule is CCCCNC(N)=NCCCc1cnn(C)c1. The third kappa shape index (κ3) is 5.94. The summed E-state index contributed by atoms with van der Waals surface area (Å²) in [5.41, 5.74) is 6.97. The minimum atomic E-state index is 0.560. The van der Waals surface area contributed by atoms with Gasteiger partial charge in [0, 0.05) is 26.3 Å². The Bertz CT molecular complexity index is 342. The molecule has 0 atom stereocenters. The summed E-state index contributed by atoms with van der Waals surface area (Å²) in [6.07, 6.45) is 8.23. The number of guanidine groups is 1. The first kappa shape index (κ1) is 13.5. The van der Waals surface area contributed by atoms with Crippen molar-refractivity contribution < 1.29 is 0 Å². The Morgan fingerprint density at radius 1 is 1.53 bits per heavy atom. The van der Waals surface area contributed by atoms with Gasteiger partial charge in [-0.05, 0) is 24.8 Å². The van der Waals surface area contributed by atoms with Crippen LogP contribution in [0.2, 0.25) is 0 Å². The lowest BCUT2D eigenvalue weighted by atomic mass is 10.2. The van der Waals surface area contributed by atoms with E-state index in [1.165, 1.54) is 12.0 Å². The highest BCUT2D eigenvalue weighted by Crippen LogP contribution is 2.00. The van der Waals surface area contributed by atoms with Crippen LogP contribution < -0.4 is 11.1 Å². The Hall–Kier alpha value is -1.52. The first-order valence-corrected chi connectivity index (χ1v) is 6.23. The first-order chi connectivity index (χ1) is 8.22. The Kier molecular flexibility index (Phi) is 6.14. The number of unbranched alkanes of at least 4 members (excludes halogenated alkanes) is 1. The minimum absolute atomic E-state index is 0.560. The fourth-order valence-electron chi connectivity index (χ4n) is 1.53. The molecule has 0 amide bonds. The number of nitrogens with two attached hydrogens (primary N) is 1. The number of aliphatic imine (C=N–C) groups is 1. The summed E-state index contributed by atoms with van der Waals surface area (Å²) >= 11 is 0. The first-order valence-electron chi connectivity index (χ1n) is 6.23. The molecule has 1 heterocycles. The van der Waals surface area contributed by atoms with Crippen molar-refractivity contribution in [2.75, 3.05) is 13.1 Å². The smallest absolute Gasteiger partial charge is 0.188 e. The molecule has 0 fully saturated rings. The van der Waals surface area contributed by atoms with E-state index in [9.17, 15) is 0 Å². The number of rotatable bonds is 7. The zero-order valence-electron chi connectivity index (χ0n) is 10.8. The molecule has 5 heteroatoms. The highest BCUT2D eigenvalue weighted by atomic mass is 15.2. The molecule has 17 heavy (non-hydrogen) atoms. The van der Waals surface area contributed by atoms with Gasteiger partial charge >= 0.3 is 0 Å². The second kappa shape index (κ2) is 7.70. The fraction of sp³-hybridized carbons (Fsp3) is 0.667. The standard InChI is InChI=1S/C12H23N5/c1-3-4-7-14-12(13)15-8-5-6-11-9-16-17(2)10-11/h9-10H,3-8H2,1-2H3,(H3,13,14,15). The molecule has 96 valence electrons. The van der Waals surface area contributed by atoms with Gasteiger partial charge in [-0.3, -0.25) is 9.67 Å². The van der Waals surface area contributed by atoms with Crippen LogP contribution in [0.1, 0.15) is 31.7 Å². The van der Waals surface area contributed by atoms with Crippen LogP contribution in [-0.4, -0.2) is 28.8 Å². The molecule has 0 aliphatic rings. The Balaban J connectivity index is 2.12. The summed E-state index contributed by atoms with van der Waals surface area (Å²) in [5.74, 6) is 0.560. The van der Waals surface area contributed by atoms with E-state index in [0.29, 0.717) is 5.96 Å². The lowest BCUT2D eigenvalue weighted by Crippen LogP contribution is -2.32. The molecule has 1 rings (SSSR count). The maximum Gasteiger partial charge on any atom is 0.188 e. The number of nitrogens with zero attached hydrogens (tertiary/aromatic N) is 3. The molecule has 1 aromatic heterocycles. The highest BCUT2D eigenvalue weighted by molar-refractivity contribution is 5.77. The van der Waals surface area contributed by atoms with Crippen molar-refractivity contribution in [2.24, 2.45) is 17.8 Å². The minimum Gasteiger partial charge on any atom is -0.370 e. The average Bonchev–Trinajstić information content (AvgIpc) is 2.71. The van der Waals surface area contributed by atoms with Gasteiger partial charge in [0.1, 0.15) is 0 Å². The van der Waals surface area contributed by atoms with Gasteiger partial charge in [0.2, 0.25) is 0 Å². The molecule has 0 aliphatic heterocycles. The van der Waals surface area contributed by atoms with Crippen LogP contribution in [0.15, 0.2) is 17.4 Å². The molecule has 0 spiro atoms. The lowest BCUT2D eigenvalue weighted by Gasteiger charge is -2.03. The molecule has 0 aliphatic carbocycles. The van der Waals surface area contributed by atoms with Crippen molar-refractivity contribution in [1.29, 1.82) is 0 Å². The average molecular weight is 237 g/mol. The van der Waals surface area contributed by atoms with E-state index in [-0.39, 0.29) is 0 Å². The molecule has 0 saturated heterocycles. The molecule has 0 radical (unpaired) electrons. The number of hydrogen-bond acceptors (Lipinski definition) is 2. The quantitative estimate of drug-likeness (QED) is 0.423. The molecular weight excluding hydrogens is 214 g/mol. The summed E-state index contributed by atoms with van der Waals surface area (Å²) in [6, 6.07) is 0. The topological polar surface area (TPSA) is 68.2 Å². The van der Waals surface area contributed by atoms with Crippen molar-refractivity contribution in [3.63, 3.8) is 0 Å². The summed E-state index contributed by atoms with van der Waals surface area (Å²) in [5, 5.41) is 7.22. The van der Waals surface area contributed by atoms with E-state index in [1.54, 1.807) is 0 Å². The van der Waals surface area contributed by atoms with Gasteiger partial charge in [-0.15, -0.1) is 0 Å². The van der Waals surface area contributed by atoms with E-state index in [4.69, 9.17) is 5.73 Å². The molecule has 1 aromatic rings. The second-order valence-corrected chi connectivity index (χ2v) is 4.17. The summed E-state index contributed by atoms with van der Waals surface area (Å²) < 4.78 is 1.82. The van der Waals surface area contributed by atoms with Gasteiger partial charge in [0.15, 0.2) is 5.96 Å². The van der Waals surface area contributed by atoms with E-state index < -0.39 is 0 Å². The molecule has 0 aromatic carbocycles. The van der Waals surface area contributed by atoms with E-state index in [0.717, 1.165) is 32.4 Å². The third-order valence-corrected chi connectivity index (χ3v) is 2.50. The van der Waals surface area contributed by atoms with Crippen molar-refractivity contribution in [1.82, 2.24) is 15.1 Å². The van der Waals surface area contributed by atoms with E-state index in [1.807, 2.05) is 24.1 Å². The zero-order chi connectivity index (χ0) is 12.5. The number of hydrogen-bond donors (Lipinski definition) is 2. The maximum atomic E-state index is 5.72. The monoisotopic (exact) mass is 237 g/mol. The van der Waals surface area contributed by atoms with Crippen molar-refractivity contribution in [3.05, 3.63) is 18.0 Å². The van der Waals surface area contributed by atoms with Gasteiger partial charge in [-0.25, -0.2) is 0 Å². The summed E-state index contributed by atoms with van der Waals surface area (Å²) in [6.45, 7) is 3.83. The second-order valence-electron chi connectivity index (χ2n) is 4.17. The third-order valence-electron chi connectivity index (χ3n) is 2.50. The van der Waals surface area contributed by atoms with Crippen LogP contribution in [0, 0.1) is 0 Å². The molecule has 5 nitrogen and oxygen atoms in total. The Labute approximate surface area is 103 Å². The number of nitrogens with one attached hydrogen (secondary N) is 1. The van der Waals surface area contributed by atoms with Crippen molar-refractivity contribution >= 4 is 5.96 Å². The number of aromatic nitrogens is 2. The van der Waals surface area contributed by atoms with Crippen molar-refractivity contribution in [2.45, 2.75) is 32.6 Å². The van der Waals surface area contributed by atoms with E-state index in [2.05, 4.69) is 22.3 Å². The van der Waals surface area contributed by atoms with Gasteiger partial charge in [0.25, 0.3) is 0 Å². The van der Waals surface area contributed by atoms with Gasteiger partial charge < -0.3 is 11.1 Å². The maximum absolute atomic E-state index is 5.72. The van der Waals surface area contributed by atoms with Gasteiger partial charge in [0.05, 0.1) is 6.20 Å². The largest absolute Gasteiger partial charge is 0.370 e. The molecular formula is C12H23N5.